The number of phenols is 1. The van der Waals surface area contributed by atoms with E-state index in [4.69, 9.17) is 10.7 Å². The molecule has 0 heterocycles. The molecule has 0 unspecified atom stereocenters. The van der Waals surface area contributed by atoms with Crippen LogP contribution in [0.1, 0.15) is 37.5 Å². The topological polar surface area (TPSA) is 54.4 Å². The molecule has 0 aliphatic heterocycles. The van der Waals surface area contributed by atoms with Crippen LogP contribution < -0.4 is 0 Å². The molecule has 0 aliphatic rings. The molecule has 0 fully saturated rings. The van der Waals surface area contributed by atoms with Gasteiger partial charge in [0.15, 0.2) is 0 Å². The smallest absolute Gasteiger partial charge is 0.236 e. The molecule has 0 spiro atoms. The molecule has 0 aliphatic carbocycles. The summed E-state index contributed by atoms with van der Waals surface area (Å²) in [6.07, 6.45) is 0. The van der Waals surface area contributed by atoms with E-state index in [1.807, 2.05) is 33.8 Å². The summed E-state index contributed by atoms with van der Waals surface area (Å²) in [4.78, 5) is 0. The molecule has 1 rings (SSSR count). The van der Waals surface area contributed by atoms with Crippen molar-refractivity contribution < 1.29 is 13.5 Å². The van der Waals surface area contributed by atoms with Crippen LogP contribution in [0.15, 0.2) is 12.1 Å². The van der Waals surface area contributed by atoms with Gasteiger partial charge in [-0.1, -0.05) is 38.5 Å². The number of rotatable bonds is 2. The lowest BCUT2D eigenvalue weighted by atomic mass is 9.84. The van der Waals surface area contributed by atoms with Crippen molar-refractivity contribution in [2.45, 2.75) is 38.9 Å². The van der Waals surface area contributed by atoms with Crippen molar-refractivity contribution in [2.75, 3.05) is 0 Å². The van der Waals surface area contributed by atoms with E-state index in [0.717, 1.165) is 11.1 Å². The molecule has 0 amide bonds. The Morgan fingerprint density at radius 1 is 1.29 bits per heavy atom. The van der Waals surface area contributed by atoms with Crippen LogP contribution in [0.3, 0.4) is 0 Å². The van der Waals surface area contributed by atoms with Gasteiger partial charge in [0, 0.05) is 16.2 Å². The van der Waals surface area contributed by atoms with Crippen molar-refractivity contribution in [1.82, 2.24) is 0 Å². The van der Waals surface area contributed by atoms with Crippen LogP contribution in [0.2, 0.25) is 0 Å². The summed E-state index contributed by atoms with van der Waals surface area (Å²) in [5.74, 6) is -0.335. The third-order valence-electron chi connectivity index (χ3n) is 2.47. The van der Waals surface area contributed by atoms with Crippen molar-refractivity contribution in [3.05, 3.63) is 28.8 Å². The molecule has 0 radical (unpaired) electrons. The monoisotopic (exact) mass is 276 g/mol. The molecule has 0 saturated carbocycles. The number of phenolic OH excluding ortho intramolecular Hbond substituents is 1. The van der Waals surface area contributed by atoms with Gasteiger partial charge < -0.3 is 5.11 Å². The zero-order valence-corrected chi connectivity index (χ0v) is 12.0. The van der Waals surface area contributed by atoms with Crippen LogP contribution in [0, 0.1) is 6.92 Å². The molecule has 3 nitrogen and oxygen atoms in total. The lowest BCUT2D eigenvalue weighted by Gasteiger charge is -2.22. The number of hydrogen-bond donors (Lipinski definition) is 1. The zero-order chi connectivity index (χ0) is 13.4. The predicted octanol–water partition coefficient (Wildman–Crippen LogP) is 3.07. The minimum atomic E-state index is -3.67. The Bertz CT molecular complexity index is 527. The Hall–Kier alpha value is -0.740. The van der Waals surface area contributed by atoms with E-state index in [2.05, 4.69) is 0 Å². The van der Waals surface area contributed by atoms with Crippen molar-refractivity contribution >= 4 is 19.7 Å². The molecule has 0 bridgehead atoms. The van der Waals surface area contributed by atoms with Gasteiger partial charge >= 0.3 is 0 Å². The zero-order valence-electron chi connectivity index (χ0n) is 10.4. The maximum absolute atomic E-state index is 11.1. The first kappa shape index (κ1) is 14.3. The van der Waals surface area contributed by atoms with Gasteiger partial charge in [-0.2, -0.15) is 0 Å². The van der Waals surface area contributed by atoms with E-state index >= 15 is 0 Å². The molecule has 0 atom stereocenters. The second-order valence-electron chi connectivity index (χ2n) is 5.25. The van der Waals surface area contributed by atoms with Crippen molar-refractivity contribution in [1.29, 1.82) is 0 Å². The quantitative estimate of drug-likeness (QED) is 0.845. The highest BCUT2D eigenvalue weighted by Gasteiger charge is 2.22. The van der Waals surface area contributed by atoms with E-state index < -0.39 is 9.05 Å². The second-order valence-corrected chi connectivity index (χ2v) is 8.03. The first-order valence-electron chi connectivity index (χ1n) is 5.26. The fraction of sp³-hybridized carbons (Fsp3) is 0.500. The minimum Gasteiger partial charge on any atom is -0.507 e. The highest BCUT2D eigenvalue weighted by atomic mass is 35.7. The Labute approximate surface area is 107 Å². The van der Waals surface area contributed by atoms with Crippen LogP contribution in [-0.4, -0.2) is 13.5 Å². The molecule has 0 aromatic heterocycles. The molecule has 0 saturated heterocycles. The maximum atomic E-state index is 11.1. The SMILES string of the molecule is Cc1cc(CS(=O)(=O)Cl)c(O)c(C(C)(C)C)c1. The summed E-state index contributed by atoms with van der Waals surface area (Å²) in [6, 6.07) is 3.50. The number of hydrogen-bond acceptors (Lipinski definition) is 3. The van der Waals surface area contributed by atoms with Gasteiger partial charge in [-0.05, 0) is 17.9 Å². The fourth-order valence-electron chi connectivity index (χ4n) is 1.72. The van der Waals surface area contributed by atoms with E-state index in [9.17, 15) is 13.5 Å². The number of aryl methyl sites for hydroxylation is 1. The van der Waals surface area contributed by atoms with Crippen LogP contribution in [-0.2, 0) is 20.2 Å². The summed E-state index contributed by atoms with van der Waals surface area (Å²) in [7, 11) is 1.55. The normalized spacial score (nSPS) is 12.8. The van der Waals surface area contributed by atoms with Gasteiger partial charge in [0.2, 0.25) is 9.05 Å². The Morgan fingerprint density at radius 3 is 2.24 bits per heavy atom. The van der Waals surface area contributed by atoms with Gasteiger partial charge in [-0.3, -0.25) is 0 Å². The second kappa shape index (κ2) is 4.50. The van der Waals surface area contributed by atoms with Crippen molar-refractivity contribution in [3.8, 4) is 5.75 Å². The predicted molar refractivity (Wildman–Crippen MR) is 70.0 cm³/mol. The molecule has 5 heteroatoms. The van der Waals surface area contributed by atoms with Gasteiger partial charge in [0.25, 0.3) is 0 Å². The van der Waals surface area contributed by atoms with Crippen molar-refractivity contribution in [2.24, 2.45) is 0 Å². The third kappa shape index (κ3) is 3.89. The average molecular weight is 277 g/mol. The molecule has 1 N–H and O–H groups in total. The number of halogens is 1. The summed E-state index contributed by atoms with van der Waals surface area (Å²) in [5, 5.41) is 10.1. The molecular weight excluding hydrogens is 260 g/mol. The largest absolute Gasteiger partial charge is 0.507 e. The number of aromatic hydroxyl groups is 1. The molecule has 17 heavy (non-hydrogen) atoms. The summed E-state index contributed by atoms with van der Waals surface area (Å²) < 4.78 is 22.2. The van der Waals surface area contributed by atoms with E-state index in [1.54, 1.807) is 6.07 Å². The summed E-state index contributed by atoms with van der Waals surface area (Å²) in [5.41, 5.74) is 1.74. The maximum Gasteiger partial charge on any atom is 0.236 e. The van der Waals surface area contributed by atoms with Crippen LogP contribution >= 0.6 is 10.7 Å². The lowest BCUT2D eigenvalue weighted by molar-refractivity contribution is 0.441. The van der Waals surface area contributed by atoms with E-state index in [1.165, 1.54) is 0 Å². The third-order valence-corrected chi connectivity index (χ3v) is 3.45. The van der Waals surface area contributed by atoms with Crippen LogP contribution in [0.4, 0.5) is 0 Å². The first-order chi connectivity index (χ1) is 7.50. The average Bonchev–Trinajstić information content (AvgIpc) is 2.06. The lowest BCUT2D eigenvalue weighted by Crippen LogP contribution is -2.13. The highest BCUT2D eigenvalue weighted by molar-refractivity contribution is 8.13. The highest BCUT2D eigenvalue weighted by Crippen LogP contribution is 2.35. The van der Waals surface area contributed by atoms with Gasteiger partial charge in [0.05, 0.1) is 5.75 Å². The summed E-state index contributed by atoms with van der Waals surface area (Å²) >= 11 is 0. The molecular formula is C12H17ClO3S. The molecule has 1 aromatic carbocycles. The first-order valence-corrected chi connectivity index (χ1v) is 7.74. The van der Waals surface area contributed by atoms with Crippen LogP contribution in [0.25, 0.3) is 0 Å². The van der Waals surface area contributed by atoms with Crippen LogP contribution in [0.5, 0.6) is 5.75 Å². The molecule has 1 aromatic rings. The summed E-state index contributed by atoms with van der Waals surface area (Å²) in [6.45, 7) is 7.74. The van der Waals surface area contributed by atoms with E-state index in [-0.39, 0.29) is 16.9 Å². The Morgan fingerprint density at radius 2 is 1.82 bits per heavy atom. The minimum absolute atomic E-state index is 0.0207. The van der Waals surface area contributed by atoms with Gasteiger partial charge in [-0.15, -0.1) is 0 Å². The molecule has 96 valence electrons. The Kier molecular flexibility index (Phi) is 3.79. The standard InChI is InChI=1S/C12H17ClO3S/c1-8-5-9(7-17(13,15)16)11(14)10(6-8)12(2,3)4/h5-6,14H,7H2,1-4H3. The fourth-order valence-corrected chi connectivity index (χ4v) is 2.67. The van der Waals surface area contributed by atoms with Gasteiger partial charge in [-0.25, -0.2) is 8.42 Å². The Balaban J connectivity index is 3.39. The van der Waals surface area contributed by atoms with E-state index in [0.29, 0.717) is 5.56 Å². The number of benzene rings is 1. The van der Waals surface area contributed by atoms with Gasteiger partial charge in [0.1, 0.15) is 5.75 Å². The van der Waals surface area contributed by atoms with Crippen molar-refractivity contribution in [3.63, 3.8) is 0 Å².